The van der Waals surface area contributed by atoms with Crippen molar-refractivity contribution in [1.29, 1.82) is 0 Å². The van der Waals surface area contributed by atoms with E-state index in [4.69, 9.17) is 9.47 Å². The number of halogens is 3. The molecular formula is C14H11F3N2O2. The molecule has 1 aliphatic heterocycles. The molecule has 0 spiro atoms. The number of benzene rings is 1. The lowest BCUT2D eigenvalue weighted by atomic mass is 10.2. The van der Waals surface area contributed by atoms with Crippen LogP contribution < -0.4 is 14.8 Å². The van der Waals surface area contributed by atoms with Crippen molar-refractivity contribution in [2.45, 2.75) is 12.7 Å². The van der Waals surface area contributed by atoms with Crippen molar-refractivity contribution in [1.82, 2.24) is 4.98 Å². The number of ether oxygens (including phenoxy) is 2. The molecule has 0 saturated heterocycles. The van der Waals surface area contributed by atoms with Gasteiger partial charge in [-0.2, -0.15) is 13.2 Å². The fourth-order valence-corrected chi connectivity index (χ4v) is 1.91. The van der Waals surface area contributed by atoms with Gasteiger partial charge >= 0.3 is 6.18 Å². The summed E-state index contributed by atoms with van der Waals surface area (Å²) in [5.74, 6) is 1.72. The topological polar surface area (TPSA) is 43.4 Å². The molecule has 3 rings (SSSR count). The summed E-state index contributed by atoms with van der Waals surface area (Å²) in [4.78, 5) is 3.75. The van der Waals surface area contributed by atoms with Crippen LogP contribution in [0.1, 0.15) is 11.1 Å². The van der Waals surface area contributed by atoms with E-state index < -0.39 is 11.7 Å². The first-order valence-electron chi connectivity index (χ1n) is 6.18. The lowest BCUT2D eigenvalue weighted by Crippen LogP contribution is -2.07. The van der Waals surface area contributed by atoms with Crippen LogP contribution in [0.5, 0.6) is 11.5 Å². The molecule has 0 saturated carbocycles. The Morgan fingerprint density at radius 1 is 1.10 bits per heavy atom. The Morgan fingerprint density at radius 2 is 1.90 bits per heavy atom. The van der Waals surface area contributed by atoms with E-state index >= 15 is 0 Å². The lowest BCUT2D eigenvalue weighted by Gasteiger charge is -2.09. The summed E-state index contributed by atoms with van der Waals surface area (Å²) in [7, 11) is 0. The van der Waals surface area contributed by atoms with E-state index in [1.807, 2.05) is 12.1 Å². The second-order valence-corrected chi connectivity index (χ2v) is 4.47. The van der Waals surface area contributed by atoms with Crippen LogP contribution in [0.25, 0.3) is 0 Å². The van der Waals surface area contributed by atoms with Gasteiger partial charge in [0.2, 0.25) is 6.79 Å². The van der Waals surface area contributed by atoms with Gasteiger partial charge in [0.05, 0.1) is 5.56 Å². The first-order chi connectivity index (χ1) is 10.0. The van der Waals surface area contributed by atoms with Crippen LogP contribution in [0.15, 0.2) is 36.5 Å². The quantitative estimate of drug-likeness (QED) is 0.942. The molecule has 0 fully saturated rings. The molecule has 1 aromatic carbocycles. The van der Waals surface area contributed by atoms with E-state index in [0.717, 1.165) is 17.8 Å². The molecule has 0 unspecified atom stereocenters. The van der Waals surface area contributed by atoms with Crippen molar-refractivity contribution in [3.63, 3.8) is 0 Å². The number of rotatable bonds is 3. The number of nitrogens with zero attached hydrogens (tertiary/aromatic N) is 1. The predicted octanol–water partition coefficient (Wildman–Crippen LogP) is 3.44. The molecule has 21 heavy (non-hydrogen) atoms. The van der Waals surface area contributed by atoms with Gasteiger partial charge in [-0.15, -0.1) is 0 Å². The molecule has 2 heterocycles. The molecule has 110 valence electrons. The fourth-order valence-electron chi connectivity index (χ4n) is 1.91. The van der Waals surface area contributed by atoms with Gasteiger partial charge in [-0.25, -0.2) is 4.98 Å². The average Bonchev–Trinajstić information content (AvgIpc) is 2.92. The van der Waals surface area contributed by atoms with E-state index in [2.05, 4.69) is 10.3 Å². The Hall–Kier alpha value is -2.44. The first-order valence-corrected chi connectivity index (χ1v) is 6.18. The highest BCUT2D eigenvalue weighted by molar-refractivity contribution is 5.46. The molecular weight excluding hydrogens is 285 g/mol. The molecule has 4 nitrogen and oxygen atoms in total. The maximum atomic E-state index is 12.4. The highest BCUT2D eigenvalue weighted by Gasteiger charge is 2.30. The van der Waals surface area contributed by atoms with Crippen molar-refractivity contribution in [2.24, 2.45) is 0 Å². The third kappa shape index (κ3) is 3.01. The zero-order chi connectivity index (χ0) is 14.9. The summed E-state index contributed by atoms with van der Waals surface area (Å²) >= 11 is 0. The first kappa shape index (κ1) is 13.5. The Kier molecular flexibility index (Phi) is 3.32. The van der Waals surface area contributed by atoms with Gasteiger partial charge in [0.25, 0.3) is 0 Å². The second kappa shape index (κ2) is 5.16. The number of hydrogen-bond donors (Lipinski definition) is 1. The Balaban J connectivity index is 1.65. The summed E-state index contributed by atoms with van der Waals surface area (Å²) in [5.41, 5.74) is 0.150. The zero-order valence-electron chi connectivity index (χ0n) is 10.8. The monoisotopic (exact) mass is 296 g/mol. The minimum absolute atomic E-state index is 0.201. The molecule has 0 atom stereocenters. The van der Waals surface area contributed by atoms with E-state index in [1.54, 1.807) is 6.07 Å². The molecule has 0 bridgehead atoms. The standard InChI is InChI=1S/C14H11F3N2O2/c15-14(16,17)10-2-4-13(19-7-10)18-6-9-1-3-11-12(5-9)21-8-20-11/h1-5,7H,6,8H2,(H,18,19). The second-order valence-electron chi connectivity index (χ2n) is 4.47. The number of nitrogens with one attached hydrogen (secondary N) is 1. The van der Waals surface area contributed by atoms with Crippen LogP contribution in [0.4, 0.5) is 19.0 Å². The van der Waals surface area contributed by atoms with Gasteiger partial charge in [0.15, 0.2) is 11.5 Å². The predicted molar refractivity (Wildman–Crippen MR) is 69.1 cm³/mol. The summed E-state index contributed by atoms with van der Waals surface area (Å²) < 4.78 is 47.7. The van der Waals surface area contributed by atoms with Crippen LogP contribution in [0.3, 0.4) is 0 Å². The highest BCUT2D eigenvalue weighted by atomic mass is 19.4. The molecule has 0 amide bonds. The number of fused-ring (bicyclic) bond motifs is 1. The minimum atomic E-state index is -4.37. The minimum Gasteiger partial charge on any atom is -0.454 e. The molecule has 0 aliphatic carbocycles. The smallest absolute Gasteiger partial charge is 0.417 e. The molecule has 1 aromatic heterocycles. The Bertz CT molecular complexity index is 642. The van der Waals surface area contributed by atoms with Gasteiger partial charge in [-0.1, -0.05) is 6.07 Å². The summed E-state index contributed by atoms with van der Waals surface area (Å²) in [6.07, 6.45) is -3.56. The largest absolute Gasteiger partial charge is 0.454 e. The number of alkyl halides is 3. The Morgan fingerprint density at radius 3 is 2.62 bits per heavy atom. The van der Waals surface area contributed by atoms with Crippen LogP contribution in [-0.2, 0) is 12.7 Å². The van der Waals surface area contributed by atoms with Crippen LogP contribution in [0, 0.1) is 0 Å². The maximum absolute atomic E-state index is 12.4. The SMILES string of the molecule is FC(F)(F)c1ccc(NCc2ccc3c(c2)OCO3)nc1. The highest BCUT2D eigenvalue weighted by Crippen LogP contribution is 2.32. The molecule has 2 aromatic rings. The fraction of sp³-hybridized carbons (Fsp3) is 0.214. The normalized spacial score (nSPS) is 13.3. The van der Waals surface area contributed by atoms with E-state index in [9.17, 15) is 13.2 Å². The summed E-state index contributed by atoms with van der Waals surface area (Å²) in [6, 6.07) is 7.76. The van der Waals surface area contributed by atoms with Crippen LogP contribution in [0.2, 0.25) is 0 Å². The van der Waals surface area contributed by atoms with Crippen LogP contribution >= 0.6 is 0 Å². The van der Waals surface area contributed by atoms with Crippen molar-refractivity contribution >= 4 is 5.82 Å². The van der Waals surface area contributed by atoms with Gasteiger partial charge < -0.3 is 14.8 Å². The summed E-state index contributed by atoms with van der Waals surface area (Å²) in [5, 5.41) is 2.96. The zero-order valence-corrected chi connectivity index (χ0v) is 10.8. The third-order valence-electron chi connectivity index (χ3n) is 3.00. The van der Waals surface area contributed by atoms with Gasteiger partial charge in [0.1, 0.15) is 5.82 Å². The lowest BCUT2D eigenvalue weighted by molar-refractivity contribution is -0.137. The van der Waals surface area contributed by atoms with E-state index in [0.29, 0.717) is 23.9 Å². The van der Waals surface area contributed by atoms with Crippen molar-refractivity contribution in [3.05, 3.63) is 47.7 Å². The van der Waals surface area contributed by atoms with E-state index in [1.165, 1.54) is 6.07 Å². The van der Waals surface area contributed by atoms with Crippen LogP contribution in [-0.4, -0.2) is 11.8 Å². The third-order valence-corrected chi connectivity index (χ3v) is 3.00. The van der Waals surface area contributed by atoms with Gasteiger partial charge in [-0.05, 0) is 29.8 Å². The van der Waals surface area contributed by atoms with Crippen molar-refractivity contribution in [3.8, 4) is 11.5 Å². The molecule has 7 heteroatoms. The van der Waals surface area contributed by atoms with Crippen molar-refractivity contribution < 1.29 is 22.6 Å². The average molecular weight is 296 g/mol. The maximum Gasteiger partial charge on any atom is 0.417 e. The number of hydrogen-bond acceptors (Lipinski definition) is 4. The number of aromatic nitrogens is 1. The van der Waals surface area contributed by atoms with Gasteiger partial charge in [0, 0.05) is 12.7 Å². The van der Waals surface area contributed by atoms with Crippen molar-refractivity contribution in [2.75, 3.05) is 12.1 Å². The Labute approximate surface area is 118 Å². The van der Waals surface area contributed by atoms with Gasteiger partial charge in [-0.3, -0.25) is 0 Å². The number of pyridine rings is 1. The molecule has 1 N–H and O–H groups in total. The number of anilines is 1. The molecule has 1 aliphatic rings. The summed E-state index contributed by atoms with van der Waals surface area (Å²) in [6.45, 7) is 0.627. The molecule has 0 radical (unpaired) electrons. The van der Waals surface area contributed by atoms with E-state index in [-0.39, 0.29) is 6.79 Å².